The number of piperidine rings is 1. The quantitative estimate of drug-likeness (QED) is 0.765. The number of hydrogen-bond acceptors (Lipinski definition) is 5. The molecule has 0 atom stereocenters. The zero-order valence-corrected chi connectivity index (χ0v) is 17.3. The van der Waals surface area contributed by atoms with Crippen molar-refractivity contribution in [3.63, 3.8) is 0 Å². The van der Waals surface area contributed by atoms with Crippen molar-refractivity contribution in [2.24, 2.45) is 5.41 Å². The van der Waals surface area contributed by atoms with E-state index >= 15 is 0 Å². The highest BCUT2D eigenvalue weighted by Gasteiger charge is 2.50. The van der Waals surface area contributed by atoms with Gasteiger partial charge in [0, 0.05) is 31.7 Å². The summed E-state index contributed by atoms with van der Waals surface area (Å²) in [6.45, 7) is 7.26. The molecule has 4 rings (SSSR count). The largest absolute Gasteiger partial charge is 0.350 e. The van der Waals surface area contributed by atoms with E-state index in [4.69, 9.17) is 9.47 Å². The van der Waals surface area contributed by atoms with Crippen molar-refractivity contribution >= 4 is 15.9 Å². The summed E-state index contributed by atoms with van der Waals surface area (Å²) in [6, 6.07) is 6.31. The van der Waals surface area contributed by atoms with Crippen molar-refractivity contribution in [3.8, 4) is 0 Å². The first kappa shape index (κ1) is 19.8. The van der Waals surface area contributed by atoms with Gasteiger partial charge in [-0.15, -0.1) is 0 Å². The van der Waals surface area contributed by atoms with Gasteiger partial charge in [-0.05, 0) is 51.0 Å². The van der Waals surface area contributed by atoms with Crippen LogP contribution in [-0.2, 0) is 19.5 Å². The van der Waals surface area contributed by atoms with Crippen molar-refractivity contribution < 1.29 is 22.7 Å². The molecule has 0 saturated carbocycles. The second kappa shape index (κ2) is 7.09. The Morgan fingerprint density at radius 2 is 1.54 bits per heavy atom. The van der Waals surface area contributed by atoms with Crippen LogP contribution in [0.15, 0.2) is 29.2 Å². The second-order valence-corrected chi connectivity index (χ2v) is 10.6. The number of amides is 1. The third-order valence-electron chi connectivity index (χ3n) is 5.85. The van der Waals surface area contributed by atoms with Gasteiger partial charge < -0.3 is 14.4 Å². The van der Waals surface area contributed by atoms with Crippen molar-refractivity contribution in [2.45, 2.75) is 43.8 Å². The highest BCUT2D eigenvalue weighted by molar-refractivity contribution is 7.89. The van der Waals surface area contributed by atoms with Crippen LogP contribution < -0.4 is 0 Å². The maximum absolute atomic E-state index is 12.7. The highest BCUT2D eigenvalue weighted by Crippen LogP contribution is 2.38. The summed E-state index contributed by atoms with van der Waals surface area (Å²) in [5, 5.41) is 0. The van der Waals surface area contributed by atoms with E-state index in [0.29, 0.717) is 45.0 Å². The van der Waals surface area contributed by atoms with E-state index in [9.17, 15) is 13.2 Å². The maximum Gasteiger partial charge on any atom is 0.253 e. The van der Waals surface area contributed by atoms with Crippen LogP contribution in [0.3, 0.4) is 0 Å². The van der Waals surface area contributed by atoms with Gasteiger partial charge in [-0.1, -0.05) is 6.42 Å². The number of nitrogens with zero attached hydrogens (tertiary/aromatic N) is 2. The third-order valence-corrected chi connectivity index (χ3v) is 7.76. The Bertz CT molecular complexity index is 826. The number of likely N-dealkylation sites (tertiary alicyclic amines) is 1. The normalized spacial score (nSPS) is 24.7. The number of benzene rings is 1. The Balaban J connectivity index is 1.39. The van der Waals surface area contributed by atoms with Gasteiger partial charge in [0.15, 0.2) is 5.79 Å². The fraction of sp³-hybridized carbons (Fsp3) is 0.650. The second-order valence-electron chi connectivity index (χ2n) is 8.63. The molecule has 1 spiro atoms. The summed E-state index contributed by atoms with van der Waals surface area (Å²) < 4.78 is 38.5. The fourth-order valence-corrected chi connectivity index (χ4v) is 5.55. The van der Waals surface area contributed by atoms with Crippen LogP contribution >= 0.6 is 0 Å². The number of hydrogen-bond donors (Lipinski definition) is 0. The molecule has 1 aromatic rings. The molecule has 3 saturated heterocycles. The number of ether oxygens (including phenoxy) is 2. The highest BCUT2D eigenvalue weighted by atomic mass is 32.2. The zero-order chi connectivity index (χ0) is 20.0. The predicted octanol–water partition coefficient (Wildman–Crippen LogP) is 2.09. The SMILES string of the molecule is CC1(C)OCC2(CO1)CN(C(=O)c1ccc(S(=O)(=O)N3CCCCC3)cc1)C2. The van der Waals surface area contributed by atoms with Gasteiger partial charge in [0.25, 0.3) is 5.91 Å². The standard InChI is InChI=1S/C20H28N2O5S/c1-19(2)26-14-20(15-27-19)12-21(13-20)18(23)16-6-8-17(9-7-16)28(24,25)22-10-4-3-5-11-22/h6-9H,3-5,10-15H2,1-2H3. The van der Waals surface area contributed by atoms with E-state index in [-0.39, 0.29) is 16.2 Å². The minimum atomic E-state index is -3.47. The van der Waals surface area contributed by atoms with E-state index < -0.39 is 15.8 Å². The van der Waals surface area contributed by atoms with E-state index in [0.717, 1.165) is 19.3 Å². The summed E-state index contributed by atoms with van der Waals surface area (Å²) in [7, 11) is -3.47. The summed E-state index contributed by atoms with van der Waals surface area (Å²) in [4.78, 5) is 14.7. The Hall–Kier alpha value is -1.48. The number of rotatable bonds is 3. The lowest BCUT2D eigenvalue weighted by Crippen LogP contribution is -2.65. The van der Waals surface area contributed by atoms with Crippen LogP contribution in [0.4, 0.5) is 0 Å². The summed E-state index contributed by atoms with van der Waals surface area (Å²) in [5.74, 6) is -0.650. The van der Waals surface area contributed by atoms with Crippen LogP contribution in [0, 0.1) is 5.41 Å². The van der Waals surface area contributed by atoms with Gasteiger partial charge in [-0.2, -0.15) is 4.31 Å². The Kier molecular flexibility index (Phi) is 5.02. The minimum absolute atomic E-state index is 0.0858. The van der Waals surface area contributed by atoms with Crippen LogP contribution in [-0.4, -0.2) is 68.7 Å². The van der Waals surface area contributed by atoms with Crippen molar-refractivity contribution in [3.05, 3.63) is 29.8 Å². The first-order chi connectivity index (χ1) is 13.2. The Morgan fingerprint density at radius 1 is 0.964 bits per heavy atom. The van der Waals surface area contributed by atoms with Gasteiger partial charge in [0.2, 0.25) is 10.0 Å². The Labute approximate surface area is 166 Å². The molecule has 1 aromatic carbocycles. The molecule has 0 radical (unpaired) electrons. The molecule has 28 heavy (non-hydrogen) atoms. The van der Waals surface area contributed by atoms with E-state index in [2.05, 4.69) is 0 Å². The minimum Gasteiger partial charge on any atom is -0.350 e. The first-order valence-electron chi connectivity index (χ1n) is 9.88. The Morgan fingerprint density at radius 3 is 2.11 bits per heavy atom. The van der Waals surface area contributed by atoms with Gasteiger partial charge in [0.1, 0.15) is 0 Å². The summed E-state index contributed by atoms with van der Waals surface area (Å²) in [5.41, 5.74) is 0.383. The van der Waals surface area contributed by atoms with Crippen molar-refractivity contribution in [2.75, 3.05) is 39.4 Å². The number of carbonyl (C=O) groups is 1. The number of carbonyl (C=O) groups excluding carboxylic acids is 1. The van der Waals surface area contributed by atoms with E-state index in [1.807, 2.05) is 13.8 Å². The monoisotopic (exact) mass is 408 g/mol. The van der Waals surface area contributed by atoms with Crippen LogP contribution in [0.5, 0.6) is 0 Å². The molecule has 0 N–H and O–H groups in total. The molecule has 3 fully saturated rings. The van der Waals surface area contributed by atoms with Crippen LogP contribution in [0.25, 0.3) is 0 Å². The molecule has 0 bridgehead atoms. The van der Waals surface area contributed by atoms with Crippen LogP contribution in [0.1, 0.15) is 43.5 Å². The van der Waals surface area contributed by atoms with E-state index in [1.165, 1.54) is 4.31 Å². The van der Waals surface area contributed by atoms with E-state index in [1.54, 1.807) is 29.2 Å². The molecule has 1 amide bonds. The summed E-state index contributed by atoms with van der Waals surface area (Å²) in [6.07, 6.45) is 2.87. The lowest BCUT2D eigenvalue weighted by molar-refractivity contribution is -0.301. The molecule has 3 heterocycles. The van der Waals surface area contributed by atoms with Crippen LogP contribution in [0.2, 0.25) is 0 Å². The lowest BCUT2D eigenvalue weighted by Gasteiger charge is -2.54. The third kappa shape index (κ3) is 3.70. The smallest absolute Gasteiger partial charge is 0.253 e. The zero-order valence-electron chi connectivity index (χ0n) is 16.5. The maximum atomic E-state index is 12.7. The molecule has 3 aliphatic rings. The van der Waals surface area contributed by atoms with Gasteiger partial charge in [0.05, 0.1) is 23.5 Å². The molecular formula is C20H28N2O5S. The molecule has 8 heteroatoms. The van der Waals surface area contributed by atoms with Crippen molar-refractivity contribution in [1.82, 2.24) is 9.21 Å². The topological polar surface area (TPSA) is 76.1 Å². The fourth-order valence-electron chi connectivity index (χ4n) is 4.03. The molecule has 3 aliphatic heterocycles. The van der Waals surface area contributed by atoms with Gasteiger partial charge >= 0.3 is 0 Å². The average molecular weight is 409 g/mol. The molecular weight excluding hydrogens is 380 g/mol. The van der Waals surface area contributed by atoms with Gasteiger partial charge in [-0.25, -0.2) is 8.42 Å². The molecule has 154 valence electrons. The first-order valence-corrected chi connectivity index (χ1v) is 11.3. The van der Waals surface area contributed by atoms with Gasteiger partial charge in [-0.3, -0.25) is 4.79 Å². The molecule has 7 nitrogen and oxygen atoms in total. The molecule has 0 aromatic heterocycles. The molecule has 0 unspecified atom stereocenters. The average Bonchev–Trinajstić information content (AvgIpc) is 2.67. The summed E-state index contributed by atoms with van der Waals surface area (Å²) >= 11 is 0. The number of sulfonamides is 1. The molecule has 0 aliphatic carbocycles. The lowest BCUT2D eigenvalue weighted by atomic mass is 9.80. The predicted molar refractivity (Wildman–Crippen MR) is 103 cm³/mol. The van der Waals surface area contributed by atoms with Crippen molar-refractivity contribution in [1.29, 1.82) is 0 Å².